The van der Waals surface area contributed by atoms with Gasteiger partial charge in [-0.3, -0.25) is 0 Å². The first-order valence-electron chi connectivity index (χ1n) is 4.53. The Morgan fingerprint density at radius 2 is 1.93 bits per heavy atom. The van der Waals surface area contributed by atoms with Crippen LogP contribution < -0.4 is 0 Å². The fraction of sp³-hybridized carbons (Fsp3) is 0.182. The Labute approximate surface area is 102 Å². The third kappa shape index (κ3) is 2.11. The molecule has 0 aliphatic heterocycles. The lowest BCUT2D eigenvalue weighted by molar-refractivity contribution is 0.891. The Bertz CT molecular complexity index is 462. The molecule has 1 heterocycles. The largest absolute Gasteiger partial charge is 0.328 e. The van der Waals surface area contributed by atoms with Crippen molar-refractivity contribution in [2.45, 2.75) is 4.90 Å². The van der Waals surface area contributed by atoms with Gasteiger partial charge in [-0.2, -0.15) is 0 Å². The average Bonchev–Trinajstić information content (AvgIpc) is 2.60. The molecule has 0 radical (unpaired) electrons. The second-order valence-electron chi connectivity index (χ2n) is 3.22. The van der Waals surface area contributed by atoms with E-state index in [1.807, 2.05) is 17.9 Å². The lowest BCUT2D eigenvalue weighted by atomic mass is 10.2. The van der Waals surface area contributed by atoms with Gasteiger partial charge in [0.15, 0.2) is 0 Å². The molecule has 0 N–H and O–H groups in total. The van der Waals surface area contributed by atoms with Crippen molar-refractivity contribution in [1.29, 1.82) is 0 Å². The molecule has 0 unspecified atom stereocenters. The maximum absolute atomic E-state index is 4.35. The van der Waals surface area contributed by atoms with Gasteiger partial charge in [0.25, 0.3) is 0 Å². The Balaban J connectivity index is 2.41. The Morgan fingerprint density at radius 1 is 1.27 bits per heavy atom. The van der Waals surface area contributed by atoms with E-state index in [0.29, 0.717) is 0 Å². The van der Waals surface area contributed by atoms with E-state index in [1.165, 1.54) is 4.90 Å². The maximum atomic E-state index is 4.35. The topological polar surface area (TPSA) is 17.8 Å². The molecule has 0 aliphatic rings. The first-order chi connectivity index (χ1) is 7.22. The van der Waals surface area contributed by atoms with E-state index in [9.17, 15) is 0 Å². The highest BCUT2D eigenvalue weighted by Gasteiger charge is 2.07. The number of aryl methyl sites for hydroxylation is 1. The summed E-state index contributed by atoms with van der Waals surface area (Å²) in [6.07, 6.45) is 3.88. The van der Waals surface area contributed by atoms with Crippen LogP contribution in [0.1, 0.15) is 0 Å². The van der Waals surface area contributed by atoms with E-state index >= 15 is 0 Å². The summed E-state index contributed by atoms with van der Waals surface area (Å²) in [5.41, 5.74) is 2.13. The fourth-order valence-corrected chi connectivity index (χ4v) is 2.19. The van der Waals surface area contributed by atoms with Crippen LogP contribution in [-0.4, -0.2) is 15.8 Å². The standard InChI is InChI=1S/C11H11BrN2S/c1-14-7-13-10(11(14)12)8-3-5-9(15-2)6-4-8/h3-7H,1-2H3. The van der Waals surface area contributed by atoms with Crippen LogP contribution in [0.2, 0.25) is 0 Å². The molecule has 4 heteroatoms. The molecule has 0 aliphatic carbocycles. The maximum Gasteiger partial charge on any atom is 0.112 e. The van der Waals surface area contributed by atoms with Gasteiger partial charge in [0.1, 0.15) is 10.3 Å². The minimum absolute atomic E-state index is 0.991. The zero-order chi connectivity index (χ0) is 10.8. The summed E-state index contributed by atoms with van der Waals surface area (Å²) in [6.45, 7) is 0. The SMILES string of the molecule is CSc1ccc(-c2ncn(C)c2Br)cc1. The van der Waals surface area contributed by atoms with Crippen molar-refractivity contribution in [1.82, 2.24) is 9.55 Å². The first kappa shape index (κ1) is 10.8. The molecule has 2 nitrogen and oxygen atoms in total. The van der Waals surface area contributed by atoms with Crippen LogP contribution in [0.15, 0.2) is 40.1 Å². The Hall–Kier alpha value is -0.740. The predicted octanol–water partition coefficient (Wildman–Crippen LogP) is 3.57. The van der Waals surface area contributed by atoms with Gasteiger partial charge in [0.05, 0.1) is 6.33 Å². The Kier molecular flexibility index (Phi) is 3.17. The van der Waals surface area contributed by atoms with Crippen molar-refractivity contribution in [3.8, 4) is 11.3 Å². The van der Waals surface area contributed by atoms with E-state index in [2.05, 4.69) is 51.4 Å². The number of hydrogen-bond acceptors (Lipinski definition) is 2. The number of thioether (sulfide) groups is 1. The van der Waals surface area contributed by atoms with Crippen LogP contribution in [0.4, 0.5) is 0 Å². The molecule has 1 aromatic heterocycles. The molecule has 2 aromatic rings. The molecule has 0 spiro atoms. The summed E-state index contributed by atoms with van der Waals surface area (Å²) in [7, 11) is 1.97. The molecule has 0 saturated carbocycles. The molecule has 0 amide bonds. The number of aromatic nitrogens is 2. The quantitative estimate of drug-likeness (QED) is 0.784. The average molecular weight is 283 g/mol. The third-order valence-electron chi connectivity index (χ3n) is 2.23. The zero-order valence-corrected chi connectivity index (χ0v) is 11.0. The van der Waals surface area contributed by atoms with Crippen LogP contribution in [0.5, 0.6) is 0 Å². The van der Waals surface area contributed by atoms with Crippen LogP contribution in [0.3, 0.4) is 0 Å². The summed E-state index contributed by atoms with van der Waals surface area (Å²) in [5, 5.41) is 0. The molecular formula is C11H11BrN2S. The molecule has 0 fully saturated rings. The van der Waals surface area contributed by atoms with E-state index in [4.69, 9.17) is 0 Å². The molecule has 1 aromatic carbocycles. The van der Waals surface area contributed by atoms with Crippen molar-refractivity contribution in [2.75, 3.05) is 6.26 Å². The molecule has 0 saturated heterocycles. The molecule has 78 valence electrons. The number of halogens is 1. The summed E-state index contributed by atoms with van der Waals surface area (Å²) >= 11 is 5.26. The van der Waals surface area contributed by atoms with Gasteiger partial charge in [0, 0.05) is 17.5 Å². The van der Waals surface area contributed by atoms with Crippen LogP contribution in [0.25, 0.3) is 11.3 Å². The van der Waals surface area contributed by atoms with Gasteiger partial charge >= 0.3 is 0 Å². The van der Waals surface area contributed by atoms with Gasteiger partial charge in [0.2, 0.25) is 0 Å². The predicted molar refractivity (Wildman–Crippen MR) is 68.1 cm³/mol. The van der Waals surface area contributed by atoms with Crippen molar-refractivity contribution in [3.05, 3.63) is 35.2 Å². The normalized spacial score (nSPS) is 10.6. The lowest BCUT2D eigenvalue weighted by Gasteiger charge is -2.00. The smallest absolute Gasteiger partial charge is 0.112 e. The number of imidazole rings is 1. The van der Waals surface area contributed by atoms with Crippen LogP contribution >= 0.6 is 27.7 Å². The molecular weight excluding hydrogens is 272 g/mol. The highest BCUT2D eigenvalue weighted by Crippen LogP contribution is 2.27. The van der Waals surface area contributed by atoms with Gasteiger partial charge in [-0.05, 0) is 34.3 Å². The van der Waals surface area contributed by atoms with E-state index in [0.717, 1.165) is 15.9 Å². The minimum atomic E-state index is 0.991. The molecule has 0 atom stereocenters. The minimum Gasteiger partial charge on any atom is -0.328 e. The van der Waals surface area contributed by atoms with Crippen molar-refractivity contribution in [3.63, 3.8) is 0 Å². The van der Waals surface area contributed by atoms with Crippen LogP contribution in [0, 0.1) is 0 Å². The summed E-state index contributed by atoms with van der Waals surface area (Å²) in [5.74, 6) is 0. The first-order valence-corrected chi connectivity index (χ1v) is 6.55. The zero-order valence-electron chi connectivity index (χ0n) is 8.57. The summed E-state index contributed by atoms with van der Waals surface area (Å²) in [6, 6.07) is 8.42. The highest BCUT2D eigenvalue weighted by molar-refractivity contribution is 9.10. The van der Waals surface area contributed by atoms with Gasteiger partial charge < -0.3 is 4.57 Å². The van der Waals surface area contributed by atoms with Gasteiger partial charge in [-0.25, -0.2) is 4.98 Å². The molecule has 0 bridgehead atoms. The van der Waals surface area contributed by atoms with Crippen LogP contribution in [-0.2, 0) is 7.05 Å². The van der Waals surface area contributed by atoms with E-state index in [1.54, 1.807) is 11.8 Å². The molecule has 2 rings (SSSR count). The number of benzene rings is 1. The van der Waals surface area contributed by atoms with E-state index in [-0.39, 0.29) is 0 Å². The van der Waals surface area contributed by atoms with Gasteiger partial charge in [-0.15, -0.1) is 11.8 Å². The summed E-state index contributed by atoms with van der Waals surface area (Å²) in [4.78, 5) is 5.62. The summed E-state index contributed by atoms with van der Waals surface area (Å²) < 4.78 is 2.97. The highest BCUT2D eigenvalue weighted by atomic mass is 79.9. The van der Waals surface area contributed by atoms with Crippen molar-refractivity contribution in [2.24, 2.45) is 7.05 Å². The second kappa shape index (κ2) is 4.41. The number of hydrogen-bond donors (Lipinski definition) is 0. The van der Waals surface area contributed by atoms with E-state index < -0.39 is 0 Å². The molecule has 15 heavy (non-hydrogen) atoms. The Morgan fingerprint density at radius 3 is 2.40 bits per heavy atom. The van der Waals surface area contributed by atoms with Gasteiger partial charge in [-0.1, -0.05) is 12.1 Å². The second-order valence-corrected chi connectivity index (χ2v) is 4.85. The number of rotatable bonds is 2. The number of nitrogens with zero attached hydrogens (tertiary/aromatic N) is 2. The third-order valence-corrected chi connectivity index (χ3v) is 3.91. The monoisotopic (exact) mass is 282 g/mol. The fourth-order valence-electron chi connectivity index (χ4n) is 1.36. The van der Waals surface area contributed by atoms with Crippen molar-refractivity contribution < 1.29 is 0 Å². The van der Waals surface area contributed by atoms with Crippen molar-refractivity contribution >= 4 is 27.7 Å². The lowest BCUT2D eigenvalue weighted by Crippen LogP contribution is -1.84.